The van der Waals surface area contributed by atoms with Crippen LogP contribution in [0.15, 0.2) is 29.1 Å². The fourth-order valence-electron chi connectivity index (χ4n) is 1.87. The minimum absolute atomic E-state index is 0.149. The van der Waals surface area contributed by atoms with Crippen molar-refractivity contribution < 1.29 is 18.7 Å². The fraction of sp³-hybridized carbons (Fsp3) is 0.333. The summed E-state index contributed by atoms with van der Waals surface area (Å²) in [6, 6.07) is 3.54. The summed E-state index contributed by atoms with van der Waals surface area (Å²) >= 11 is 0. The first-order valence-corrected chi connectivity index (χ1v) is 6.20. The molecule has 19 heavy (non-hydrogen) atoms. The van der Waals surface area contributed by atoms with Crippen molar-refractivity contribution in [2.45, 2.75) is 20.3 Å². The van der Waals surface area contributed by atoms with Crippen molar-refractivity contribution in [2.75, 3.05) is 6.61 Å². The third kappa shape index (κ3) is 3.02. The average molecular weight is 260 g/mol. The molecule has 4 nitrogen and oxygen atoms in total. The van der Waals surface area contributed by atoms with Crippen LogP contribution in [0.5, 0.6) is 0 Å². The van der Waals surface area contributed by atoms with Crippen LogP contribution in [0.25, 0.3) is 11.1 Å². The Hall–Kier alpha value is -2.10. The summed E-state index contributed by atoms with van der Waals surface area (Å²) in [7, 11) is 0. The third-order valence-electron chi connectivity index (χ3n) is 2.81. The molecule has 0 saturated heterocycles. The molecule has 4 heteroatoms. The van der Waals surface area contributed by atoms with Gasteiger partial charge in [0.25, 0.3) is 0 Å². The molecule has 0 spiro atoms. The maximum absolute atomic E-state index is 11.7. The molecule has 0 radical (unpaired) electrons. The molecule has 1 heterocycles. The van der Waals surface area contributed by atoms with Crippen LogP contribution in [-0.2, 0) is 16.0 Å². The van der Waals surface area contributed by atoms with Crippen LogP contribution < -0.4 is 0 Å². The SMILES string of the molecule is CC(C)COC(=O)Cc1cocc2c(C=O)ccc1-2. The Morgan fingerprint density at radius 1 is 1.32 bits per heavy atom. The van der Waals surface area contributed by atoms with Gasteiger partial charge in [0.1, 0.15) is 0 Å². The molecule has 0 bridgehead atoms. The number of ether oxygens (including phenoxy) is 1. The highest BCUT2D eigenvalue weighted by atomic mass is 16.5. The second-order valence-corrected chi connectivity index (χ2v) is 4.88. The molecule has 1 aliphatic heterocycles. The van der Waals surface area contributed by atoms with Crippen molar-refractivity contribution in [3.8, 4) is 11.1 Å². The minimum Gasteiger partial charge on any atom is -0.472 e. The van der Waals surface area contributed by atoms with Gasteiger partial charge in [-0.2, -0.15) is 0 Å². The van der Waals surface area contributed by atoms with E-state index in [1.165, 1.54) is 12.5 Å². The van der Waals surface area contributed by atoms with Crippen LogP contribution >= 0.6 is 0 Å². The van der Waals surface area contributed by atoms with E-state index in [9.17, 15) is 9.59 Å². The summed E-state index contributed by atoms with van der Waals surface area (Å²) in [6.07, 6.45) is 3.96. The predicted molar refractivity (Wildman–Crippen MR) is 70.2 cm³/mol. The summed E-state index contributed by atoms with van der Waals surface area (Å²) in [5, 5.41) is 0. The van der Waals surface area contributed by atoms with Crippen molar-refractivity contribution in [3.63, 3.8) is 0 Å². The number of fused-ring (bicyclic) bond motifs is 1. The van der Waals surface area contributed by atoms with E-state index in [4.69, 9.17) is 9.15 Å². The highest BCUT2D eigenvalue weighted by Gasteiger charge is 2.17. The van der Waals surface area contributed by atoms with Gasteiger partial charge >= 0.3 is 5.97 Å². The normalized spacial score (nSPS) is 10.9. The van der Waals surface area contributed by atoms with Gasteiger partial charge in [-0.25, -0.2) is 0 Å². The van der Waals surface area contributed by atoms with Gasteiger partial charge in [0.05, 0.1) is 25.6 Å². The van der Waals surface area contributed by atoms with Crippen LogP contribution in [0.2, 0.25) is 0 Å². The number of carbonyl (C=O) groups excluding carboxylic acids is 2. The van der Waals surface area contributed by atoms with Crippen LogP contribution in [-0.4, -0.2) is 18.9 Å². The zero-order chi connectivity index (χ0) is 13.8. The maximum Gasteiger partial charge on any atom is 0.310 e. The Morgan fingerprint density at radius 2 is 2.11 bits per heavy atom. The molecule has 100 valence electrons. The molecule has 2 rings (SSSR count). The summed E-state index contributed by atoms with van der Waals surface area (Å²) in [4.78, 5) is 22.6. The first-order valence-electron chi connectivity index (χ1n) is 6.20. The molecule has 0 aromatic heterocycles. The van der Waals surface area contributed by atoms with Gasteiger partial charge in [0, 0.05) is 16.7 Å². The van der Waals surface area contributed by atoms with Crippen molar-refractivity contribution in [1.82, 2.24) is 0 Å². The Morgan fingerprint density at radius 3 is 2.79 bits per heavy atom. The highest BCUT2D eigenvalue weighted by Crippen LogP contribution is 2.30. The minimum atomic E-state index is -0.287. The zero-order valence-corrected chi connectivity index (χ0v) is 11.0. The van der Waals surface area contributed by atoms with Crippen molar-refractivity contribution in [3.05, 3.63) is 35.8 Å². The molecule has 0 fully saturated rings. The maximum atomic E-state index is 11.7. The second kappa shape index (κ2) is 5.69. The van der Waals surface area contributed by atoms with E-state index in [1.54, 1.807) is 6.07 Å². The number of rotatable bonds is 5. The predicted octanol–water partition coefficient (Wildman–Crippen LogP) is 2.94. The highest BCUT2D eigenvalue weighted by molar-refractivity contribution is 5.91. The number of aldehydes is 1. The molecule has 0 aromatic rings. The molecule has 0 atom stereocenters. The molecule has 1 aliphatic carbocycles. The Labute approximate surface area is 111 Å². The lowest BCUT2D eigenvalue weighted by molar-refractivity contribution is -0.143. The largest absolute Gasteiger partial charge is 0.472 e. The van der Waals surface area contributed by atoms with Crippen molar-refractivity contribution in [2.24, 2.45) is 5.92 Å². The lowest BCUT2D eigenvalue weighted by Gasteiger charge is -2.09. The summed E-state index contributed by atoms with van der Waals surface area (Å²) in [6.45, 7) is 4.38. The first-order chi connectivity index (χ1) is 9.11. The van der Waals surface area contributed by atoms with Gasteiger partial charge in [0.2, 0.25) is 0 Å². The van der Waals surface area contributed by atoms with Crippen LogP contribution in [0, 0.1) is 5.92 Å². The molecule has 0 amide bonds. The smallest absolute Gasteiger partial charge is 0.310 e. The van der Waals surface area contributed by atoms with E-state index in [2.05, 4.69) is 0 Å². The van der Waals surface area contributed by atoms with E-state index < -0.39 is 0 Å². The molecule has 0 N–H and O–H groups in total. The number of hydrogen-bond donors (Lipinski definition) is 0. The van der Waals surface area contributed by atoms with Crippen molar-refractivity contribution >= 4 is 12.3 Å². The lowest BCUT2D eigenvalue weighted by atomic mass is 10.0. The van der Waals surface area contributed by atoms with Crippen LogP contribution in [0.3, 0.4) is 0 Å². The molecular formula is C15H16O4. The number of carbonyl (C=O) groups is 2. The Kier molecular flexibility index (Phi) is 4.00. The average Bonchev–Trinajstić information content (AvgIpc) is 2.80. The number of hydrogen-bond acceptors (Lipinski definition) is 4. The molecule has 0 aromatic carbocycles. The molecule has 0 unspecified atom stereocenters. The topological polar surface area (TPSA) is 56.5 Å². The second-order valence-electron chi connectivity index (χ2n) is 4.88. The Bertz CT molecular complexity index is 553. The number of esters is 1. The van der Waals surface area contributed by atoms with Crippen LogP contribution in [0.4, 0.5) is 0 Å². The van der Waals surface area contributed by atoms with E-state index in [0.29, 0.717) is 18.1 Å². The summed E-state index contributed by atoms with van der Waals surface area (Å²) in [5.74, 6) is 0.0234. The molecule has 2 aliphatic rings. The van der Waals surface area contributed by atoms with E-state index in [0.717, 1.165) is 23.0 Å². The summed E-state index contributed by atoms with van der Waals surface area (Å²) < 4.78 is 10.3. The zero-order valence-electron chi connectivity index (χ0n) is 11.0. The van der Waals surface area contributed by atoms with Gasteiger partial charge < -0.3 is 9.15 Å². The van der Waals surface area contributed by atoms with Gasteiger partial charge in [-0.3, -0.25) is 9.59 Å². The van der Waals surface area contributed by atoms with Crippen molar-refractivity contribution in [1.29, 1.82) is 0 Å². The molecule has 0 saturated carbocycles. The quantitative estimate of drug-likeness (QED) is 0.612. The van der Waals surface area contributed by atoms with Gasteiger partial charge in [-0.1, -0.05) is 26.0 Å². The van der Waals surface area contributed by atoms with Crippen LogP contribution in [0.1, 0.15) is 29.8 Å². The monoisotopic (exact) mass is 260 g/mol. The van der Waals surface area contributed by atoms with Gasteiger partial charge in [-0.05, 0) is 11.5 Å². The first kappa shape index (κ1) is 13.3. The molecular weight excluding hydrogens is 244 g/mol. The van der Waals surface area contributed by atoms with E-state index in [-0.39, 0.29) is 12.4 Å². The third-order valence-corrected chi connectivity index (χ3v) is 2.81. The fourth-order valence-corrected chi connectivity index (χ4v) is 1.87. The van der Waals surface area contributed by atoms with Gasteiger partial charge in [-0.15, -0.1) is 0 Å². The Balaban J connectivity index is 2.13. The van der Waals surface area contributed by atoms with E-state index >= 15 is 0 Å². The standard InChI is InChI=1S/C15H16O4/c1-10(2)7-19-15(17)5-12-8-18-9-14-11(6-16)3-4-13(12)14/h3-4,6,8-10H,5,7H2,1-2H3. The van der Waals surface area contributed by atoms with Gasteiger partial charge in [0.15, 0.2) is 6.29 Å². The summed E-state index contributed by atoms with van der Waals surface area (Å²) in [5.41, 5.74) is 2.88. The lowest BCUT2D eigenvalue weighted by Crippen LogP contribution is -2.12. The van der Waals surface area contributed by atoms with E-state index in [1.807, 2.05) is 19.9 Å².